The molecular formula is C23H27N3O3. The number of piperidine rings is 1. The molecule has 0 bridgehead atoms. The van der Waals surface area contributed by atoms with Crippen molar-refractivity contribution in [2.24, 2.45) is 0 Å². The van der Waals surface area contributed by atoms with E-state index < -0.39 is 0 Å². The lowest BCUT2D eigenvalue weighted by Gasteiger charge is -2.33. The minimum absolute atomic E-state index is 0.0245. The third-order valence-electron chi connectivity index (χ3n) is 5.46. The van der Waals surface area contributed by atoms with Crippen LogP contribution < -0.4 is 5.32 Å². The summed E-state index contributed by atoms with van der Waals surface area (Å²) in [5.74, 6) is 2.12. The highest BCUT2D eigenvalue weighted by Crippen LogP contribution is 2.26. The molecule has 0 aliphatic carbocycles. The van der Waals surface area contributed by atoms with Gasteiger partial charge in [-0.15, -0.1) is 0 Å². The van der Waals surface area contributed by atoms with Crippen LogP contribution in [-0.4, -0.2) is 35.6 Å². The largest absolute Gasteiger partial charge is 0.465 e. The van der Waals surface area contributed by atoms with Gasteiger partial charge in [0.15, 0.2) is 11.5 Å². The van der Waals surface area contributed by atoms with Crippen LogP contribution >= 0.6 is 0 Å². The number of nitrogens with zero attached hydrogens (tertiary/aromatic N) is 2. The second-order valence-electron chi connectivity index (χ2n) is 7.71. The van der Waals surface area contributed by atoms with Crippen molar-refractivity contribution in [3.8, 4) is 11.3 Å². The van der Waals surface area contributed by atoms with Gasteiger partial charge in [-0.25, -0.2) is 0 Å². The Morgan fingerprint density at radius 2 is 1.86 bits per heavy atom. The molecule has 0 spiro atoms. The number of nitrogens with one attached hydrogen (secondary N) is 1. The summed E-state index contributed by atoms with van der Waals surface area (Å²) in [5, 5.41) is 6.97. The molecule has 6 heteroatoms. The molecule has 1 atom stereocenters. The van der Waals surface area contributed by atoms with Crippen LogP contribution in [0.4, 0.5) is 0 Å². The van der Waals surface area contributed by atoms with Crippen LogP contribution in [0.1, 0.15) is 52.9 Å². The number of aromatic nitrogens is 1. The minimum Gasteiger partial charge on any atom is -0.465 e. The third-order valence-corrected chi connectivity index (χ3v) is 5.46. The first-order valence-corrected chi connectivity index (χ1v) is 10.2. The average Bonchev–Trinajstić information content (AvgIpc) is 3.39. The van der Waals surface area contributed by atoms with Crippen LogP contribution in [0.3, 0.4) is 0 Å². The van der Waals surface area contributed by atoms with Gasteiger partial charge in [-0.3, -0.25) is 9.69 Å². The van der Waals surface area contributed by atoms with Crippen molar-refractivity contribution < 1.29 is 13.7 Å². The zero-order chi connectivity index (χ0) is 20.2. The molecule has 1 aliphatic heterocycles. The van der Waals surface area contributed by atoms with E-state index in [2.05, 4.69) is 15.4 Å². The molecule has 0 unspecified atom stereocenters. The van der Waals surface area contributed by atoms with Crippen LogP contribution in [0.5, 0.6) is 0 Å². The number of benzene rings is 1. The van der Waals surface area contributed by atoms with E-state index in [4.69, 9.17) is 8.94 Å². The predicted molar refractivity (Wildman–Crippen MR) is 111 cm³/mol. The molecule has 29 heavy (non-hydrogen) atoms. The standard InChI is InChI=1S/C23H27N3O3/c1-16-6-9-18(10-7-16)22-14-19(25-29-22)23(27)24-15-20(21-11-8-17(2)28-21)26-12-4-3-5-13-26/h6-11,14,20H,3-5,12-13,15H2,1-2H3,(H,24,27)/t20-/m1/s1. The molecule has 1 aliphatic rings. The van der Waals surface area contributed by atoms with Gasteiger partial charge in [-0.1, -0.05) is 41.4 Å². The molecule has 1 fully saturated rings. The van der Waals surface area contributed by atoms with E-state index in [-0.39, 0.29) is 17.6 Å². The fourth-order valence-corrected chi connectivity index (χ4v) is 3.79. The zero-order valence-electron chi connectivity index (χ0n) is 17.0. The van der Waals surface area contributed by atoms with Gasteiger partial charge < -0.3 is 14.3 Å². The highest BCUT2D eigenvalue weighted by atomic mass is 16.5. The number of amides is 1. The summed E-state index contributed by atoms with van der Waals surface area (Å²) in [4.78, 5) is 15.1. The Bertz CT molecular complexity index is 952. The summed E-state index contributed by atoms with van der Waals surface area (Å²) >= 11 is 0. The first-order valence-electron chi connectivity index (χ1n) is 10.2. The Morgan fingerprint density at radius 1 is 1.10 bits per heavy atom. The molecule has 0 saturated carbocycles. The molecule has 152 valence electrons. The maximum absolute atomic E-state index is 12.7. The average molecular weight is 393 g/mol. The van der Waals surface area contributed by atoms with E-state index >= 15 is 0 Å². The number of aryl methyl sites for hydroxylation is 2. The van der Waals surface area contributed by atoms with E-state index in [0.29, 0.717) is 12.3 Å². The van der Waals surface area contributed by atoms with Crippen molar-refractivity contribution in [2.45, 2.75) is 39.2 Å². The van der Waals surface area contributed by atoms with Gasteiger partial charge >= 0.3 is 0 Å². The lowest BCUT2D eigenvalue weighted by Crippen LogP contribution is -2.40. The Morgan fingerprint density at radius 3 is 2.55 bits per heavy atom. The number of furan rings is 1. The van der Waals surface area contributed by atoms with E-state index in [0.717, 1.165) is 30.2 Å². The van der Waals surface area contributed by atoms with Crippen LogP contribution in [0.15, 0.2) is 51.4 Å². The molecule has 2 aromatic heterocycles. The molecule has 4 rings (SSSR count). The lowest BCUT2D eigenvalue weighted by molar-refractivity contribution is 0.0905. The smallest absolute Gasteiger partial charge is 0.273 e. The first kappa shape index (κ1) is 19.5. The summed E-state index contributed by atoms with van der Waals surface area (Å²) in [6, 6.07) is 13.6. The quantitative estimate of drug-likeness (QED) is 0.667. The summed E-state index contributed by atoms with van der Waals surface area (Å²) < 4.78 is 11.3. The van der Waals surface area contributed by atoms with E-state index in [1.165, 1.54) is 24.8 Å². The molecule has 6 nitrogen and oxygen atoms in total. The van der Waals surface area contributed by atoms with Crippen molar-refractivity contribution in [2.75, 3.05) is 19.6 Å². The van der Waals surface area contributed by atoms with Gasteiger partial charge in [0, 0.05) is 18.2 Å². The number of hydrogen-bond donors (Lipinski definition) is 1. The highest BCUT2D eigenvalue weighted by molar-refractivity contribution is 5.93. The topological polar surface area (TPSA) is 71.5 Å². The van der Waals surface area contributed by atoms with E-state index in [1.54, 1.807) is 6.07 Å². The number of hydrogen-bond acceptors (Lipinski definition) is 5. The Balaban J connectivity index is 1.44. The van der Waals surface area contributed by atoms with Gasteiger partial charge in [-0.2, -0.15) is 0 Å². The molecule has 0 radical (unpaired) electrons. The van der Waals surface area contributed by atoms with Crippen molar-refractivity contribution in [1.82, 2.24) is 15.4 Å². The van der Waals surface area contributed by atoms with Gasteiger partial charge in [0.1, 0.15) is 11.5 Å². The molecule has 1 amide bonds. The second-order valence-corrected chi connectivity index (χ2v) is 7.71. The summed E-state index contributed by atoms with van der Waals surface area (Å²) in [7, 11) is 0. The number of likely N-dealkylation sites (tertiary alicyclic amines) is 1. The zero-order valence-corrected chi connectivity index (χ0v) is 17.0. The third kappa shape index (κ3) is 4.59. The Hall–Kier alpha value is -2.86. The van der Waals surface area contributed by atoms with Gasteiger partial charge in [0.05, 0.1) is 6.04 Å². The molecule has 1 saturated heterocycles. The molecular weight excluding hydrogens is 366 g/mol. The van der Waals surface area contributed by atoms with Gasteiger partial charge in [-0.05, 0) is 51.9 Å². The first-order chi connectivity index (χ1) is 14.1. The van der Waals surface area contributed by atoms with Crippen LogP contribution in [0.2, 0.25) is 0 Å². The van der Waals surface area contributed by atoms with Crippen molar-refractivity contribution in [3.63, 3.8) is 0 Å². The van der Waals surface area contributed by atoms with Crippen molar-refractivity contribution in [3.05, 3.63) is 65.2 Å². The SMILES string of the molecule is Cc1ccc(-c2cc(C(=O)NC[C@H](c3ccc(C)o3)N3CCCCC3)no2)cc1. The van der Waals surface area contributed by atoms with E-state index in [9.17, 15) is 4.79 Å². The minimum atomic E-state index is -0.239. The lowest BCUT2D eigenvalue weighted by atomic mass is 10.1. The van der Waals surface area contributed by atoms with Crippen LogP contribution in [0, 0.1) is 13.8 Å². The summed E-state index contributed by atoms with van der Waals surface area (Å²) in [6.07, 6.45) is 3.61. The van der Waals surface area contributed by atoms with E-state index in [1.807, 2.05) is 50.2 Å². The highest BCUT2D eigenvalue weighted by Gasteiger charge is 2.26. The van der Waals surface area contributed by atoms with Gasteiger partial charge in [0.2, 0.25) is 0 Å². The molecule has 1 N–H and O–H groups in total. The fourth-order valence-electron chi connectivity index (χ4n) is 3.79. The molecule has 1 aromatic carbocycles. The summed E-state index contributed by atoms with van der Waals surface area (Å²) in [6.45, 7) is 6.47. The predicted octanol–water partition coefficient (Wildman–Crippen LogP) is 4.51. The Labute approximate surface area is 170 Å². The number of carbonyl (C=O) groups excluding carboxylic acids is 1. The maximum atomic E-state index is 12.7. The van der Waals surface area contributed by atoms with Crippen LogP contribution in [-0.2, 0) is 0 Å². The summed E-state index contributed by atoms with van der Waals surface area (Å²) in [5.41, 5.74) is 2.36. The maximum Gasteiger partial charge on any atom is 0.273 e. The number of rotatable bonds is 6. The van der Waals surface area contributed by atoms with Crippen LogP contribution in [0.25, 0.3) is 11.3 Å². The molecule has 3 heterocycles. The van der Waals surface area contributed by atoms with Gasteiger partial charge in [0.25, 0.3) is 5.91 Å². The second kappa shape index (κ2) is 8.66. The van der Waals surface area contributed by atoms with Crippen molar-refractivity contribution in [1.29, 1.82) is 0 Å². The normalized spacial score (nSPS) is 15.9. The fraction of sp³-hybridized carbons (Fsp3) is 0.391. The number of carbonyl (C=O) groups is 1. The monoisotopic (exact) mass is 393 g/mol. The molecule has 3 aromatic rings. The Kier molecular flexibility index (Phi) is 5.81. The van der Waals surface area contributed by atoms with Crippen molar-refractivity contribution >= 4 is 5.91 Å².